The van der Waals surface area contributed by atoms with Crippen molar-refractivity contribution in [2.45, 2.75) is 19.3 Å². The van der Waals surface area contributed by atoms with Gasteiger partial charge < -0.3 is 15.2 Å². The van der Waals surface area contributed by atoms with Crippen molar-refractivity contribution in [1.82, 2.24) is 15.5 Å². The summed E-state index contributed by atoms with van der Waals surface area (Å²) in [7, 11) is 1.46. The summed E-state index contributed by atoms with van der Waals surface area (Å²) < 4.78 is 4.82. The molecule has 0 bridgehead atoms. The van der Waals surface area contributed by atoms with Crippen LogP contribution in [-0.4, -0.2) is 40.8 Å². The molecule has 1 aromatic heterocycles. The average molecular weight is 253 g/mol. The predicted molar refractivity (Wildman–Crippen MR) is 62.4 cm³/mol. The van der Waals surface area contributed by atoms with E-state index in [1.165, 1.54) is 13.2 Å². The number of nitrogens with one attached hydrogen (secondary N) is 1. The van der Waals surface area contributed by atoms with E-state index in [2.05, 4.69) is 15.5 Å². The maximum absolute atomic E-state index is 11.6. The number of nitrogens with zero attached hydrogens (tertiary/aromatic N) is 2. The molecule has 98 valence electrons. The normalized spacial score (nSPS) is 9.83. The zero-order valence-corrected chi connectivity index (χ0v) is 10.0. The van der Waals surface area contributed by atoms with Crippen LogP contribution in [0.25, 0.3) is 0 Å². The Kier molecular flexibility index (Phi) is 5.56. The number of carbonyl (C=O) groups is 2. The first-order valence-corrected chi connectivity index (χ1v) is 5.51. The number of hydrogen-bond acceptors (Lipinski definition) is 5. The van der Waals surface area contributed by atoms with E-state index in [4.69, 9.17) is 9.84 Å². The maximum Gasteiger partial charge on any atom is 0.303 e. The molecular formula is C11H15N3O4. The van der Waals surface area contributed by atoms with E-state index in [0.717, 1.165) is 0 Å². The second-order valence-corrected chi connectivity index (χ2v) is 3.57. The number of methoxy groups -OCH3 is 1. The number of ether oxygens (including phenoxy) is 1. The van der Waals surface area contributed by atoms with Gasteiger partial charge in [0.1, 0.15) is 0 Å². The van der Waals surface area contributed by atoms with Crippen LogP contribution in [0.3, 0.4) is 0 Å². The molecule has 0 aliphatic carbocycles. The third-order valence-electron chi connectivity index (χ3n) is 2.18. The molecule has 0 radical (unpaired) electrons. The molecule has 0 unspecified atom stereocenters. The van der Waals surface area contributed by atoms with Gasteiger partial charge in [-0.2, -0.15) is 0 Å². The summed E-state index contributed by atoms with van der Waals surface area (Å²) in [4.78, 5) is 21.8. The van der Waals surface area contributed by atoms with Crippen LogP contribution in [0.5, 0.6) is 5.88 Å². The first kappa shape index (κ1) is 13.9. The van der Waals surface area contributed by atoms with E-state index >= 15 is 0 Å². The van der Waals surface area contributed by atoms with E-state index in [0.29, 0.717) is 25.3 Å². The number of unbranched alkanes of at least 4 members (excludes halogenated alkanes) is 1. The van der Waals surface area contributed by atoms with Crippen molar-refractivity contribution < 1.29 is 19.4 Å². The topological polar surface area (TPSA) is 101 Å². The smallest absolute Gasteiger partial charge is 0.303 e. The number of carboxylic acid groups (broad SMARTS) is 1. The summed E-state index contributed by atoms with van der Waals surface area (Å²) in [6, 6.07) is 3.06. The number of hydrogen-bond donors (Lipinski definition) is 2. The minimum Gasteiger partial charge on any atom is -0.481 e. The van der Waals surface area contributed by atoms with Crippen LogP contribution >= 0.6 is 0 Å². The lowest BCUT2D eigenvalue weighted by Crippen LogP contribution is -2.25. The van der Waals surface area contributed by atoms with Gasteiger partial charge in [0.2, 0.25) is 5.88 Å². The number of carboxylic acids is 1. The number of carbonyl (C=O) groups excluding carboxylic acids is 1. The van der Waals surface area contributed by atoms with Crippen molar-refractivity contribution in [1.29, 1.82) is 0 Å². The molecule has 1 rings (SSSR count). The summed E-state index contributed by atoms with van der Waals surface area (Å²) in [6.45, 7) is 0.416. The third-order valence-corrected chi connectivity index (χ3v) is 2.18. The van der Waals surface area contributed by atoms with E-state index in [-0.39, 0.29) is 18.0 Å². The lowest BCUT2D eigenvalue weighted by molar-refractivity contribution is -0.137. The van der Waals surface area contributed by atoms with Gasteiger partial charge in [0.05, 0.1) is 7.11 Å². The summed E-state index contributed by atoms with van der Waals surface area (Å²) >= 11 is 0. The standard InChI is InChI=1S/C11H15N3O4/c1-18-9-6-5-8(13-14-9)11(17)12-7-3-2-4-10(15)16/h5-6H,2-4,7H2,1H3,(H,12,17)(H,15,16). The van der Waals surface area contributed by atoms with E-state index < -0.39 is 5.97 Å². The van der Waals surface area contributed by atoms with E-state index in [1.54, 1.807) is 6.07 Å². The van der Waals surface area contributed by atoms with Gasteiger partial charge in [-0.15, -0.1) is 10.2 Å². The number of aromatic nitrogens is 2. The van der Waals surface area contributed by atoms with Crippen molar-refractivity contribution >= 4 is 11.9 Å². The highest BCUT2D eigenvalue weighted by molar-refractivity contribution is 5.92. The largest absolute Gasteiger partial charge is 0.481 e. The molecule has 0 aliphatic rings. The molecule has 1 heterocycles. The molecule has 0 atom stereocenters. The van der Waals surface area contributed by atoms with Crippen molar-refractivity contribution in [3.63, 3.8) is 0 Å². The van der Waals surface area contributed by atoms with Gasteiger partial charge in [-0.1, -0.05) is 0 Å². The van der Waals surface area contributed by atoms with Gasteiger partial charge in [0.25, 0.3) is 5.91 Å². The van der Waals surface area contributed by atoms with Gasteiger partial charge in [-0.25, -0.2) is 0 Å². The quantitative estimate of drug-likeness (QED) is 0.685. The van der Waals surface area contributed by atoms with Crippen LogP contribution in [0, 0.1) is 0 Å². The van der Waals surface area contributed by atoms with Gasteiger partial charge in [0, 0.05) is 19.0 Å². The van der Waals surface area contributed by atoms with Gasteiger partial charge >= 0.3 is 5.97 Å². The maximum atomic E-state index is 11.6. The van der Waals surface area contributed by atoms with Crippen LogP contribution in [-0.2, 0) is 4.79 Å². The summed E-state index contributed by atoms with van der Waals surface area (Å²) in [5.74, 6) is -0.823. The molecular weight excluding hydrogens is 238 g/mol. The lowest BCUT2D eigenvalue weighted by atomic mass is 10.2. The van der Waals surface area contributed by atoms with Crippen LogP contribution in [0.15, 0.2) is 12.1 Å². The zero-order valence-electron chi connectivity index (χ0n) is 10.0. The Balaban J connectivity index is 2.29. The highest BCUT2D eigenvalue weighted by atomic mass is 16.5. The Morgan fingerprint density at radius 3 is 2.67 bits per heavy atom. The first-order chi connectivity index (χ1) is 8.63. The Hall–Kier alpha value is -2.18. The molecule has 1 aromatic rings. The van der Waals surface area contributed by atoms with Gasteiger partial charge in [0.15, 0.2) is 5.69 Å². The molecule has 7 nitrogen and oxygen atoms in total. The fourth-order valence-corrected chi connectivity index (χ4v) is 1.24. The molecule has 2 N–H and O–H groups in total. The monoisotopic (exact) mass is 253 g/mol. The van der Waals surface area contributed by atoms with E-state index in [1.807, 2.05) is 0 Å². The molecule has 0 aromatic carbocycles. The molecule has 7 heteroatoms. The molecule has 0 saturated heterocycles. The SMILES string of the molecule is COc1ccc(C(=O)NCCCCC(=O)O)nn1. The number of amides is 1. The predicted octanol–water partition coefficient (Wildman–Crippen LogP) is 0.470. The highest BCUT2D eigenvalue weighted by Gasteiger charge is 2.07. The van der Waals surface area contributed by atoms with Crippen LogP contribution in [0.2, 0.25) is 0 Å². The summed E-state index contributed by atoms with van der Waals surface area (Å²) in [5.41, 5.74) is 0.203. The molecule has 18 heavy (non-hydrogen) atoms. The Morgan fingerprint density at radius 2 is 2.11 bits per heavy atom. The number of aliphatic carboxylic acids is 1. The Labute approximate surface area is 104 Å². The van der Waals surface area contributed by atoms with Crippen LogP contribution < -0.4 is 10.1 Å². The first-order valence-electron chi connectivity index (χ1n) is 5.51. The Bertz CT molecular complexity index is 405. The van der Waals surface area contributed by atoms with Crippen LogP contribution in [0.1, 0.15) is 29.8 Å². The molecule has 1 amide bonds. The van der Waals surface area contributed by atoms with Crippen molar-refractivity contribution in [2.75, 3.05) is 13.7 Å². The fraction of sp³-hybridized carbons (Fsp3) is 0.455. The fourth-order valence-electron chi connectivity index (χ4n) is 1.24. The Morgan fingerprint density at radius 1 is 1.33 bits per heavy atom. The molecule has 0 spiro atoms. The summed E-state index contributed by atoms with van der Waals surface area (Å²) in [5, 5.41) is 18.4. The van der Waals surface area contributed by atoms with Gasteiger partial charge in [-0.3, -0.25) is 9.59 Å². The summed E-state index contributed by atoms with van der Waals surface area (Å²) in [6.07, 6.45) is 1.25. The lowest BCUT2D eigenvalue weighted by Gasteiger charge is -2.03. The van der Waals surface area contributed by atoms with Crippen molar-refractivity contribution in [3.05, 3.63) is 17.8 Å². The third kappa shape index (κ3) is 4.77. The molecule has 0 saturated carbocycles. The second-order valence-electron chi connectivity index (χ2n) is 3.57. The van der Waals surface area contributed by atoms with Crippen LogP contribution in [0.4, 0.5) is 0 Å². The highest BCUT2D eigenvalue weighted by Crippen LogP contribution is 2.03. The van der Waals surface area contributed by atoms with E-state index in [9.17, 15) is 9.59 Å². The van der Waals surface area contributed by atoms with Gasteiger partial charge in [-0.05, 0) is 18.9 Å². The minimum absolute atomic E-state index is 0.109. The molecule has 0 aliphatic heterocycles. The number of rotatable bonds is 7. The molecule has 0 fully saturated rings. The minimum atomic E-state index is -0.831. The second kappa shape index (κ2) is 7.21. The average Bonchev–Trinajstić information content (AvgIpc) is 2.38. The zero-order chi connectivity index (χ0) is 13.4. The van der Waals surface area contributed by atoms with Crippen molar-refractivity contribution in [3.8, 4) is 5.88 Å². The van der Waals surface area contributed by atoms with Crippen molar-refractivity contribution in [2.24, 2.45) is 0 Å².